The van der Waals surface area contributed by atoms with Gasteiger partial charge < -0.3 is 4.98 Å². The van der Waals surface area contributed by atoms with Crippen molar-refractivity contribution in [1.82, 2.24) is 9.97 Å². The summed E-state index contributed by atoms with van der Waals surface area (Å²) in [5.74, 6) is 0. The van der Waals surface area contributed by atoms with Gasteiger partial charge in [-0.2, -0.15) is 5.26 Å². The van der Waals surface area contributed by atoms with Gasteiger partial charge in [0.25, 0.3) is 0 Å². The minimum Gasteiger partial charge on any atom is -0.347 e. The van der Waals surface area contributed by atoms with E-state index in [0.29, 0.717) is 5.69 Å². The van der Waals surface area contributed by atoms with E-state index in [1.807, 2.05) is 42.5 Å². The molecule has 0 aliphatic rings. The Morgan fingerprint density at radius 3 is 2.80 bits per heavy atom. The molecule has 0 radical (unpaired) electrons. The number of nitriles is 1. The molecular weight excluding hydrogens is 186 g/mol. The number of H-pyrrole nitrogens is 1. The average molecular weight is 195 g/mol. The normalized spacial score (nSPS) is 10.3. The molecule has 0 fully saturated rings. The molecule has 3 nitrogen and oxygen atoms in total. The fraction of sp³-hybridized carbons (Fsp3) is 0. The molecule has 1 N–H and O–H groups in total. The summed E-state index contributed by atoms with van der Waals surface area (Å²) >= 11 is 0. The summed E-state index contributed by atoms with van der Waals surface area (Å²) in [5, 5.41) is 8.62. The molecule has 0 bridgehead atoms. The van der Waals surface area contributed by atoms with Gasteiger partial charge in [-0.05, 0) is 36.4 Å². The number of nitrogens with zero attached hydrogens (tertiary/aromatic N) is 2. The Kier molecular flexibility index (Phi) is 2.61. The minimum absolute atomic E-state index is 0.565. The number of aromatic nitrogens is 2. The number of hydrogen-bond donors (Lipinski definition) is 1. The largest absolute Gasteiger partial charge is 0.347 e. The molecule has 0 aromatic carbocycles. The van der Waals surface area contributed by atoms with Crippen LogP contribution in [0, 0.1) is 11.3 Å². The third kappa shape index (κ3) is 2.32. The predicted octanol–water partition coefficient (Wildman–Crippen LogP) is 2.45. The van der Waals surface area contributed by atoms with Gasteiger partial charge in [0.2, 0.25) is 0 Å². The molecule has 0 saturated carbocycles. The molecule has 2 heterocycles. The molecule has 0 amide bonds. The molecule has 2 rings (SSSR count). The Morgan fingerprint density at radius 1 is 1.20 bits per heavy atom. The molecule has 0 aliphatic carbocycles. The van der Waals surface area contributed by atoms with Crippen LogP contribution in [0.1, 0.15) is 17.1 Å². The summed E-state index contributed by atoms with van der Waals surface area (Å²) in [5.41, 5.74) is 2.36. The van der Waals surface area contributed by atoms with Gasteiger partial charge in [-0.15, -0.1) is 0 Å². The van der Waals surface area contributed by atoms with E-state index in [-0.39, 0.29) is 0 Å². The highest BCUT2D eigenvalue weighted by atomic mass is 14.7. The first-order valence-electron chi connectivity index (χ1n) is 4.57. The molecule has 0 spiro atoms. The summed E-state index contributed by atoms with van der Waals surface area (Å²) in [4.78, 5) is 7.11. The van der Waals surface area contributed by atoms with Crippen molar-refractivity contribution in [3.8, 4) is 6.07 Å². The Labute approximate surface area is 87.7 Å². The van der Waals surface area contributed by atoms with Gasteiger partial charge in [-0.25, -0.2) is 0 Å². The third-order valence-electron chi connectivity index (χ3n) is 1.95. The maximum Gasteiger partial charge on any atom is 0.118 e. The van der Waals surface area contributed by atoms with Crippen LogP contribution in [0.2, 0.25) is 0 Å². The Hall–Kier alpha value is -2.34. The third-order valence-corrected chi connectivity index (χ3v) is 1.95. The zero-order chi connectivity index (χ0) is 10.5. The molecule has 2 aromatic heterocycles. The lowest BCUT2D eigenvalue weighted by atomic mass is 10.3. The van der Waals surface area contributed by atoms with E-state index in [9.17, 15) is 0 Å². The van der Waals surface area contributed by atoms with E-state index in [1.165, 1.54) is 0 Å². The van der Waals surface area contributed by atoms with Crippen molar-refractivity contribution >= 4 is 12.2 Å². The summed E-state index contributed by atoms with van der Waals surface area (Å²) in [6.45, 7) is 0. The van der Waals surface area contributed by atoms with Crippen LogP contribution < -0.4 is 0 Å². The average Bonchev–Trinajstić information content (AvgIpc) is 2.76. The van der Waals surface area contributed by atoms with Gasteiger partial charge in [-0.3, -0.25) is 4.98 Å². The van der Waals surface area contributed by atoms with E-state index in [1.54, 1.807) is 12.3 Å². The van der Waals surface area contributed by atoms with Crippen LogP contribution in [0.5, 0.6) is 0 Å². The van der Waals surface area contributed by atoms with Crippen LogP contribution in [0.3, 0.4) is 0 Å². The molecule has 15 heavy (non-hydrogen) atoms. The quantitative estimate of drug-likeness (QED) is 0.800. The van der Waals surface area contributed by atoms with Crippen molar-refractivity contribution in [1.29, 1.82) is 5.26 Å². The smallest absolute Gasteiger partial charge is 0.118 e. The highest BCUT2D eigenvalue weighted by Crippen LogP contribution is 2.05. The predicted molar refractivity (Wildman–Crippen MR) is 58.7 cm³/mol. The lowest BCUT2D eigenvalue weighted by molar-refractivity contribution is 1.29. The van der Waals surface area contributed by atoms with Crippen molar-refractivity contribution in [3.63, 3.8) is 0 Å². The second kappa shape index (κ2) is 4.25. The number of rotatable bonds is 2. The number of nitrogens with one attached hydrogen (secondary N) is 1. The molecule has 0 saturated heterocycles. The Bertz CT molecular complexity index is 503. The Balaban J connectivity index is 2.16. The van der Waals surface area contributed by atoms with Crippen LogP contribution >= 0.6 is 0 Å². The molecule has 0 atom stereocenters. The van der Waals surface area contributed by atoms with Gasteiger partial charge in [0.15, 0.2) is 0 Å². The number of pyridine rings is 1. The first kappa shape index (κ1) is 9.22. The van der Waals surface area contributed by atoms with Crippen molar-refractivity contribution in [3.05, 3.63) is 53.6 Å². The molecular formula is C12H9N3. The van der Waals surface area contributed by atoms with Crippen LogP contribution in [-0.2, 0) is 0 Å². The Morgan fingerprint density at radius 2 is 2.13 bits per heavy atom. The van der Waals surface area contributed by atoms with Crippen molar-refractivity contribution in [2.45, 2.75) is 0 Å². The van der Waals surface area contributed by atoms with Crippen molar-refractivity contribution in [2.75, 3.05) is 0 Å². The van der Waals surface area contributed by atoms with Crippen molar-refractivity contribution < 1.29 is 0 Å². The monoisotopic (exact) mass is 195 g/mol. The van der Waals surface area contributed by atoms with Gasteiger partial charge >= 0.3 is 0 Å². The maximum atomic E-state index is 8.62. The van der Waals surface area contributed by atoms with E-state index in [2.05, 4.69) is 9.97 Å². The highest BCUT2D eigenvalue weighted by molar-refractivity contribution is 5.66. The van der Waals surface area contributed by atoms with E-state index in [0.717, 1.165) is 11.4 Å². The van der Waals surface area contributed by atoms with Gasteiger partial charge in [-0.1, -0.05) is 6.07 Å². The molecule has 0 unspecified atom stereocenters. The van der Waals surface area contributed by atoms with E-state index in [4.69, 9.17) is 5.26 Å². The van der Waals surface area contributed by atoms with Gasteiger partial charge in [0, 0.05) is 11.9 Å². The van der Waals surface area contributed by atoms with Crippen LogP contribution in [0.15, 0.2) is 36.5 Å². The zero-order valence-corrected chi connectivity index (χ0v) is 8.01. The topological polar surface area (TPSA) is 52.5 Å². The van der Waals surface area contributed by atoms with Crippen LogP contribution in [0.25, 0.3) is 12.2 Å². The lowest BCUT2D eigenvalue weighted by Gasteiger charge is -1.89. The van der Waals surface area contributed by atoms with E-state index < -0.39 is 0 Å². The van der Waals surface area contributed by atoms with Crippen molar-refractivity contribution in [2.24, 2.45) is 0 Å². The molecule has 3 heteroatoms. The van der Waals surface area contributed by atoms with Crippen LogP contribution in [0.4, 0.5) is 0 Å². The summed E-state index contributed by atoms with van der Waals surface area (Å²) in [7, 11) is 0. The minimum atomic E-state index is 0.565. The fourth-order valence-electron chi connectivity index (χ4n) is 1.22. The zero-order valence-electron chi connectivity index (χ0n) is 8.01. The highest BCUT2D eigenvalue weighted by Gasteiger charge is 1.92. The first-order chi connectivity index (χ1) is 7.38. The fourth-order valence-corrected chi connectivity index (χ4v) is 1.22. The van der Waals surface area contributed by atoms with Crippen LogP contribution in [-0.4, -0.2) is 9.97 Å². The second-order valence-corrected chi connectivity index (χ2v) is 3.03. The molecule has 2 aromatic rings. The summed E-state index contributed by atoms with van der Waals surface area (Å²) in [6.07, 6.45) is 5.53. The summed E-state index contributed by atoms with van der Waals surface area (Å²) < 4.78 is 0. The standard InChI is InChI=1S/C12H9N3/c13-9-12-7-6-11(15-12)5-4-10-3-1-2-8-14-10/h1-8,15H/b5-4+. The first-order valence-corrected chi connectivity index (χ1v) is 4.57. The summed E-state index contributed by atoms with van der Waals surface area (Å²) in [6, 6.07) is 11.4. The molecule has 72 valence electrons. The second-order valence-electron chi connectivity index (χ2n) is 3.03. The molecule has 0 aliphatic heterocycles. The van der Waals surface area contributed by atoms with Gasteiger partial charge in [0.05, 0.1) is 5.69 Å². The lowest BCUT2D eigenvalue weighted by Crippen LogP contribution is -1.77. The SMILES string of the molecule is N#Cc1ccc(/C=C/c2ccccn2)[nH]1. The van der Waals surface area contributed by atoms with Gasteiger partial charge in [0.1, 0.15) is 11.8 Å². The maximum absolute atomic E-state index is 8.62. The number of hydrogen-bond acceptors (Lipinski definition) is 2. The number of aromatic amines is 1. The van der Waals surface area contributed by atoms with E-state index >= 15 is 0 Å².